The van der Waals surface area contributed by atoms with E-state index in [9.17, 15) is 9.59 Å². The predicted molar refractivity (Wildman–Crippen MR) is 81.5 cm³/mol. The first kappa shape index (κ1) is 14.9. The van der Waals surface area contributed by atoms with Crippen LogP contribution in [0.1, 0.15) is 24.4 Å². The summed E-state index contributed by atoms with van der Waals surface area (Å²) in [7, 11) is 0. The minimum Gasteiger partial charge on any atom is -0.339 e. The molecule has 1 N–H and O–H groups in total. The Labute approximate surface area is 123 Å². The fraction of sp³-hybridized carbons (Fsp3) is 0.467. The van der Waals surface area contributed by atoms with Crippen LogP contribution in [0.2, 0.25) is 0 Å². The number of nitrogens with zero attached hydrogens (tertiary/aromatic N) is 1. The highest BCUT2D eigenvalue weighted by Crippen LogP contribution is 2.19. The lowest BCUT2D eigenvalue weighted by Gasteiger charge is -2.32. The number of piperazine rings is 1. The highest BCUT2D eigenvalue weighted by Gasteiger charge is 2.33. The summed E-state index contributed by atoms with van der Waals surface area (Å²) in [5.74, 6) is 1.01. The zero-order valence-corrected chi connectivity index (χ0v) is 12.5. The van der Waals surface area contributed by atoms with Gasteiger partial charge in [-0.25, -0.2) is 0 Å². The van der Waals surface area contributed by atoms with Crippen LogP contribution < -0.4 is 5.32 Å². The van der Waals surface area contributed by atoms with Gasteiger partial charge in [0, 0.05) is 6.54 Å². The third-order valence-electron chi connectivity index (χ3n) is 3.36. The third-order valence-corrected chi connectivity index (χ3v) is 4.05. The predicted octanol–water partition coefficient (Wildman–Crippen LogP) is 1.83. The molecule has 20 heavy (non-hydrogen) atoms. The first-order chi connectivity index (χ1) is 9.72. The maximum atomic E-state index is 12.4. The van der Waals surface area contributed by atoms with Gasteiger partial charge in [0.2, 0.25) is 11.8 Å². The Bertz CT molecular complexity index is 464. The average molecular weight is 292 g/mol. The summed E-state index contributed by atoms with van der Waals surface area (Å²) in [5.41, 5.74) is 0.847. The molecule has 0 spiro atoms. The largest absolute Gasteiger partial charge is 0.339 e. The van der Waals surface area contributed by atoms with Crippen LogP contribution in [-0.4, -0.2) is 41.8 Å². The van der Waals surface area contributed by atoms with Crippen molar-refractivity contribution in [2.75, 3.05) is 25.1 Å². The van der Waals surface area contributed by atoms with Crippen LogP contribution in [0.5, 0.6) is 0 Å². The molecule has 1 aromatic rings. The van der Waals surface area contributed by atoms with Gasteiger partial charge in [-0.3, -0.25) is 9.59 Å². The Morgan fingerprint density at radius 1 is 1.25 bits per heavy atom. The van der Waals surface area contributed by atoms with Crippen molar-refractivity contribution in [3.05, 3.63) is 35.9 Å². The van der Waals surface area contributed by atoms with Gasteiger partial charge < -0.3 is 10.2 Å². The normalized spacial score (nSPS) is 19.1. The van der Waals surface area contributed by atoms with E-state index in [0.717, 1.165) is 24.2 Å². The number of hydrogen-bond acceptors (Lipinski definition) is 3. The monoisotopic (exact) mass is 292 g/mol. The topological polar surface area (TPSA) is 49.4 Å². The Morgan fingerprint density at radius 3 is 2.70 bits per heavy atom. The second-order valence-electron chi connectivity index (χ2n) is 4.87. The van der Waals surface area contributed by atoms with Gasteiger partial charge in [-0.15, -0.1) is 0 Å². The van der Waals surface area contributed by atoms with Crippen molar-refractivity contribution in [3.8, 4) is 0 Å². The molecule has 0 radical (unpaired) electrons. The van der Waals surface area contributed by atoms with Crippen LogP contribution in [-0.2, 0) is 9.59 Å². The second kappa shape index (κ2) is 7.33. The van der Waals surface area contributed by atoms with Gasteiger partial charge in [-0.2, -0.15) is 11.8 Å². The molecule has 1 aromatic carbocycles. The van der Waals surface area contributed by atoms with Gasteiger partial charge in [0.1, 0.15) is 6.04 Å². The molecule has 1 saturated heterocycles. The SMILES string of the molecule is CSCCCCN1CC(=O)NC(c2ccccc2)C1=O. The minimum atomic E-state index is -0.530. The second-order valence-corrected chi connectivity index (χ2v) is 5.86. The minimum absolute atomic E-state index is 0.0000449. The number of amides is 2. The first-order valence-corrected chi connectivity index (χ1v) is 8.24. The van der Waals surface area contributed by atoms with Crippen molar-refractivity contribution in [1.29, 1.82) is 0 Å². The maximum Gasteiger partial charge on any atom is 0.250 e. The van der Waals surface area contributed by atoms with E-state index >= 15 is 0 Å². The van der Waals surface area contributed by atoms with Gasteiger partial charge in [0.15, 0.2) is 0 Å². The van der Waals surface area contributed by atoms with Crippen molar-refractivity contribution >= 4 is 23.6 Å². The van der Waals surface area contributed by atoms with Gasteiger partial charge >= 0.3 is 0 Å². The molecule has 1 heterocycles. The molecule has 1 atom stereocenters. The van der Waals surface area contributed by atoms with E-state index in [1.165, 1.54) is 0 Å². The number of carbonyl (C=O) groups is 2. The van der Waals surface area contributed by atoms with E-state index in [4.69, 9.17) is 0 Å². The Hall–Kier alpha value is -1.49. The van der Waals surface area contributed by atoms with E-state index in [-0.39, 0.29) is 18.4 Å². The lowest BCUT2D eigenvalue weighted by atomic mass is 10.0. The van der Waals surface area contributed by atoms with Gasteiger partial charge in [0.25, 0.3) is 0 Å². The molecule has 0 bridgehead atoms. The Kier molecular flexibility index (Phi) is 5.47. The number of hydrogen-bond donors (Lipinski definition) is 1. The highest BCUT2D eigenvalue weighted by atomic mass is 32.2. The molecule has 1 aliphatic heterocycles. The number of unbranched alkanes of at least 4 members (excludes halogenated alkanes) is 1. The van der Waals surface area contributed by atoms with Crippen LogP contribution in [0.3, 0.4) is 0 Å². The summed E-state index contributed by atoms with van der Waals surface area (Å²) in [4.78, 5) is 25.9. The van der Waals surface area contributed by atoms with Crippen LogP contribution >= 0.6 is 11.8 Å². The summed E-state index contributed by atoms with van der Waals surface area (Å²) in [6.07, 6.45) is 4.09. The summed E-state index contributed by atoms with van der Waals surface area (Å²) in [6, 6.07) is 8.88. The zero-order chi connectivity index (χ0) is 14.4. The molecule has 0 aromatic heterocycles. The van der Waals surface area contributed by atoms with E-state index in [2.05, 4.69) is 11.6 Å². The maximum absolute atomic E-state index is 12.4. The molecule has 4 nitrogen and oxygen atoms in total. The van der Waals surface area contributed by atoms with Gasteiger partial charge in [-0.1, -0.05) is 30.3 Å². The van der Waals surface area contributed by atoms with Crippen molar-refractivity contribution in [3.63, 3.8) is 0 Å². The molecule has 5 heteroatoms. The van der Waals surface area contributed by atoms with Crippen molar-refractivity contribution in [1.82, 2.24) is 10.2 Å². The van der Waals surface area contributed by atoms with Crippen molar-refractivity contribution in [2.45, 2.75) is 18.9 Å². The number of rotatable bonds is 6. The van der Waals surface area contributed by atoms with Gasteiger partial charge in [0.05, 0.1) is 6.54 Å². The van der Waals surface area contributed by atoms with Crippen LogP contribution in [0.4, 0.5) is 0 Å². The molecule has 2 amide bonds. The molecule has 1 unspecified atom stereocenters. The first-order valence-electron chi connectivity index (χ1n) is 6.84. The number of benzene rings is 1. The Morgan fingerprint density at radius 2 is 2.00 bits per heavy atom. The molecule has 2 rings (SSSR count). The van der Waals surface area contributed by atoms with E-state index in [1.807, 2.05) is 30.3 Å². The van der Waals surface area contributed by atoms with Crippen LogP contribution in [0, 0.1) is 0 Å². The fourth-order valence-corrected chi connectivity index (χ4v) is 2.80. The Balaban J connectivity index is 2.00. The third kappa shape index (κ3) is 3.76. The molecule has 1 fully saturated rings. The van der Waals surface area contributed by atoms with Gasteiger partial charge in [-0.05, 0) is 30.4 Å². The number of nitrogens with one attached hydrogen (secondary N) is 1. The fourth-order valence-electron chi connectivity index (χ4n) is 2.31. The molecule has 0 aliphatic carbocycles. The summed E-state index contributed by atoms with van der Waals surface area (Å²) in [6.45, 7) is 0.845. The van der Waals surface area contributed by atoms with Crippen molar-refractivity contribution in [2.24, 2.45) is 0 Å². The summed E-state index contributed by atoms with van der Waals surface area (Å²) in [5, 5.41) is 2.78. The quantitative estimate of drug-likeness (QED) is 0.814. The molecular weight excluding hydrogens is 272 g/mol. The van der Waals surface area contributed by atoms with Crippen molar-refractivity contribution < 1.29 is 9.59 Å². The zero-order valence-electron chi connectivity index (χ0n) is 11.7. The van der Waals surface area contributed by atoms with E-state index < -0.39 is 6.04 Å². The summed E-state index contributed by atoms with van der Waals surface area (Å²) >= 11 is 1.80. The average Bonchev–Trinajstić information content (AvgIpc) is 2.47. The molecular formula is C15H20N2O2S. The van der Waals surface area contributed by atoms with Crippen LogP contribution in [0.15, 0.2) is 30.3 Å². The number of thioether (sulfide) groups is 1. The standard InChI is InChI=1S/C15H20N2O2S/c1-20-10-6-5-9-17-11-13(18)16-14(15(17)19)12-7-3-2-4-8-12/h2-4,7-8,14H,5-6,9-11H2,1H3,(H,16,18). The highest BCUT2D eigenvalue weighted by molar-refractivity contribution is 7.98. The smallest absolute Gasteiger partial charge is 0.250 e. The summed E-state index contributed by atoms with van der Waals surface area (Å²) < 4.78 is 0. The van der Waals surface area contributed by atoms with E-state index in [1.54, 1.807) is 16.7 Å². The molecule has 108 valence electrons. The lowest BCUT2D eigenvalue weighted by Crippen LogP contribution is -2.53. The molecule has 0 saturated carbocycles. The van der Waals surface area contributed by atoms with Crippen LogP contribution in [0.25, 0.3) is 0 Å². The molecule has 1 aliphatic rings. The van der Waals surface area contributed by atoms with E-state index in [0.29, 0.717) is 6.54 Å². The lowest BCUT2D eigenvalue weighted by molar-refractivity contribution is -0.144. The number of carbonyl (C=O) groups excluding carboxylic acids is 2.